The molecule has 0 spiro atoms. The normalized spacial score (nSPS) is 9.59. The van der Waals surface area contributed by atoms with Gasteiger partial charge in [-0.05, 0) is 12.1 Å². The second-order valence-corrected chi connectivity index (χ2v) is 3.33. The highest BCUT2D eigenvalue weighted by molar-refractivity contribution is 5.98. The molecule has 0 saturated heterocycles. The monoisotopic (exact) mass is 236 g/mol. The summed E-state index contributed by atoms with van der Waals surface area (Å²) in [5.74, 6) is 1.38. The van der Waals surface area contributed by atoms with E-state index >= 15 is 0 Å². The summed E-state index contributed by atoms with van der Waals surface area (Å²) in [6.07, 6.45) is 1.84. The largest absolute Gasteiger partial charge is 0.493 e. The summed E-state index contributed by atoms with van der Waals surface area (Å²) in [5, 5.41) is 0. The Morgan fingerprint density at radius 1 is 1.18 bits per heavy atom. The van der Waals surface area contributed by atoms with Gasteiger partial charge in [-0.3, -0.25) is 4.79 Å². The highest BCUT2D eigenvalue weighted by Crippen LogP contribution is 2.38. The molecular formula is C13H16O4. The summed E-state index contributed by atoms with van der Waals surface area (Å²) in [4.78, 5) is 11.8. The lowest BCUT2D eigenvalue weighted by Crippen LogP contribution is -2.01. The van der Waals surface area contributed by atoms with E-state index < -0.39 is 0 Å². The first-order valence-electron chi connectivity index (χ1n) is 5.12. The summed E-state index contributed by atoms with van der Waals surface area (Å²) < 4.78 is 15.5. The molecule has 0 saturated carbocycles. The molecule has 0 aliphatic carbocycles. The Bertz CT molecular complexity index is 398. The lowest BCUT2D eigenvalue weighted by atomic mass is 10.1. The molecule has 1 aromatic rings. The van der Waals surface area contributed by atoms with Gasteiger partial charge in [0.2, 0.25) is 5.75 Å². The number of carbonyl (C=O) groups is 1. The first-order chi connectivity index (χ1) is 8.17. The molecule has 0 aliphatic heterocycles. The number of ketones is 1. The zero-order chi connectivity index (χ0) is 12.8. The maximum Gasteiger partial charge on any atom is 0.203 e. The molecule has 4 nitrogen and oxygen atoms in total. The fourth-order valence-electron chi connectivity index (χ4n) is 1.49. The Hall–Kier alpha value is -1.97. The molecule has 1 rings (SSSR count). The average Bonchev–Trinajstić information content (AvgIpc) is 2.37. The van der Waals surface area contributed by atoms with Crippen molar-refractivity contribution in [1.29, 1.82) is 0 Å². The summed E-state index contributed by atoms with van der Waals surface area (Å²) in [6, 6.07) is 3.26. The fraction of sp³-hybridized carbons (Fsp3) is 0.308. The first kappa shape index (κ1) is 13.1. The number of allylic oxidation sites excluding steroid dienone is 1. The lowest BCUT2D eigenvalue weighted by molar-refractivity contribution is 0.0995. The zero-order valence-electron chi connectivity index (χ0n) is 10.3. The Labute approximate surface area is 101 Å². The van der Waals surface area contributed by atoms with Crippen molar-refractivity contribution in [1.82, 2.24) is 0 Å². The van der Waals surface area contributed by atoms with Gasteiger partial charge in [-0.15, -0.1) is 6.58 Å². The average molecular weight is 236 g/mol. The predicted octanol–water partition coefficient (Wildman–Crippen LogP) is 2.47. The number of Topliss-reactive ketones (excluding diaryl/α,β-unsaturated/α-hetero) is 1. The van der Waals surface area contributed by atoms with Crippen LogP contribution in [0.3, 0.4) is 0 Å². The topological polar surface area (TPSA) is 44.8 Å². The molecule has 0 atom stereocenters. The van der Waals surface area contributed by atoms with E-state index in [0.717, 1.165) is 0 Å². The standard InChI is InChI=1S/C13H16O4/c1-5-6-10(14)9-7-11(15-2)13(17-4)12(8-9)16-3/h5,7-8H,1,6H2,2-4H3. The van der Waals surface area contributed by atoms with E-state index in [9.17, 15) is 4.79 Å². The molecule has 0 heterocycles. The first-order valence-corrected chi connectivity index (χ1v) is 5.12. The van der Waals surface area contributed by atoms with Crippen LogP contribution in [0.25, 0.3) is 0 Å². The maximum absolute atomic E-state index is 11.8. The van der Waals surface area contributed by atoms with Crippen molar-refractivity contribution >= 4 is 5.78 Å². The van der Waals surface area contributed by atoms with Crippen molar-refractivity contribution in [2.24, 2.45) is 0 Å². The van der Waals surface area contributed by atoms with Crippen molar-refractivity contribution in [2.75, 3.05) is 21.3 Å². The number of rotatable bonds is 6. The highest BCUT2D eigenvalue weighted by atomic mass is 16.5. The van der Waals surface area contributed by atoms with Crippen molar-refractivity contribution < 1.29 is 19.0 Å². The van der Waals surface area contributed by atoms with Crippen LogP contribution in [0.4, 0.5) is 0 Å². The fourth-order valence-corrected chi connectivity index (χ4v) is 1.49. The molecule has 0 radical (unpaired) electrons. The van der Waals surface area contributed by atoms with Crippen LogP contribution < -0.4 is 14.2 Å². The van der Waals surface area contributed by atoms with Gasteiger partial charge in [-0.25, -0.2) is 0 Å². The molecule has 0 amide bonds. The van der Waals surface area contributed by atoms with Crippen molar-refractivity contribution in [3.63, 3.8) is 0 Å². The lowest BCUT2D eigenvalue weighted by Gasteiger charge is -2.13. The van der Waals surface area contributed by atoms with Crippen LogP contribution in [-0.2, 0) is 0 Å². The Balaban J connectivity index is 3.26. The van der Waals surface area contributed by atoms with E-state index in [1.807, 2.05) is 0 Å². The van der Waals surface area contributed by atoms with Crippen LogP contribution in [0.1, 0.15) is 16.8 Å². The minimum Gasteiger partial charge on any atom is -0.493 e. The van der Waals surface area contributed by atoms with E-state index in [1.165, 1.54) is 21.3 Å². The third-order valence-corrected chi connectivity index (χ3v) is 2.32. The number of methoxy groups -OCH3 is 3. The van der Waals surface area contributed by atoms with Crippen LogP contribution in [-0.4, -0.2) is 27.1 Å². The molecule has 0 aromatic heterocycles. The van der Waals surface area contributed by atoms with E-state index in [4.69, 9.17) is 14.2 Å². The van der Waals surface area contributed by atoms with E-state index in [1.54, 1.807) is 18.2 Å². The molecule has 0 aliphatic rings. The third-order valence-electron chi connectivity index (χ3n) is 2.32. The second-order valence-electron chi connectivity index (χ2n) is 3.33. The predicted molar refractivity (Wildman–Crippen MR) is 65.2 cm³/mol. The van der Waals surface area contributed by atoms with Crippen LogP contribution in [0.2, 0.25) is 0 Å². The van der Waals surface area contributed by atoms with E-state index in [-0.39, 0.29) is 12.2 Å². The molecule has 92 valence electrons. The summed E-state index contributed by atoms with van der Waals surface area (Å²) in [6.45, 7) is 3.54. The summed E-state index contributed by atoms with van der Waals surface area (Å²) in [7, 11) is 4.55. The van der Waals surface area contributed by atoms with Gasteiger partial charge in [0, 0.05) is 12.0 Å². The zero-order valence-corrected chi connectivity index (χ0v) is 10.3. The minimum absolute atomic E-state index is 0.0424. The third kappa shape index (κ3) is 2.78. The van der Waals surface area contributed by atoms with Gasteiger partial charge >= 0.3 is 0 Å². The number of ether oxygens (including phenoxy) is 3. The second kappa shape index (κ2) is 5.94. The van der Waals surface area contributed by atoms with Gasteiger partial charge < -0.3 is 14.2 Å². The Kier molecular flexibility index (Phi) is 4.57. The van der Waals surface area contributed by atoms with Crippen molar-refractivity contribution in [2.45, 2.75) is 6.42 Å². The number of carbonyl (C=O) groups excluding carboxylic acids is 1. The summed E-state index contributed by atoms with van der Waals surface area (Å²) in [5.41, 5.74) is 0.513. The van der Waals surface area contributed by atoms with E-state index in [2.05, 4.69) is 6.58 Å². The van der Waals surface area contributed by atoms with Crippen molar-refractivity contribution in [3.8, 4) is 17.2 Å². The van der Waals surface area contributed by atoms with Crippen molar-refractivity contribution in [3.05, 3.63) is 30.4 Å². The number of hydrogen-bond acceptors (Lipinski definition) is 4. The Morgan fingerprint density at radius 2 is 1.71 bits per heavy atom. The smallest absolute Gasteiger partial charge is 0.203 e. The quantitative estimate of drug-likeness (QED) is 0.562. The van der Waals surface area contributed by atoms with Gasteiger partial charge in [0.25, 0.3) is 0 Å². The van der Waals surface area contributed by atoms with Gasteiger partial charge in [-0.1, -0.05) is 6.08 Å². The van der Waals surface area contributed by atoms with Gasteiger partial charge in [0.1, 0.15) is 0 Å². The van der Waals surface area contributed by atoms with E-state index in [0.29, 0.717) is 22.8 Å². The molecule has 0 N–H and O–H groups in total. The minimum atomic E-state index is -0.0424. The highest BCUT2D eigenvalue weighted by Gasteiger charge is 2.15. The molecule has 4 heteroatoms. The molecular weight excluding hydrogens is 220 g/mol. The molecule has 1 aromatic carbocycles. The molecule has 17 heavy (non-hydrogen) atoms. The van der Waals surface area contributed by atoms with Crippen LogP contribution in [0.5, 0.6) is 17.2 Å². The van der Waals surface area contributed by atoms with Gasteiger partial charge in [0.05, 0.1) is 21.3 Å². The summed E-state index contributed by atoms with van der Waals surface area (Å²) >= 11 is 0. The molecule has 0 fully saturated rings. The SMILES string of the molecule is C=CCC(=O)c1cc(OC)c(OC)c(OC)c1. The molecule has 0 bridgehead atoms. The Morgan fingerprint density at radius 3 is 2.06 bits per heavy atom. The number of hydrogen-bond donors (Lipinski definition) is 0. The van der Waals surface area contributed by atoms with Crippen LogP contribution >= 0.6 is 0 Å². The number of benzene rings is 1. The van der Waals surface area contributed by atoms with Crippen LogP contribution in [0, 0.1) is 0 Å². The maximum atomic E-state index is 11.8. The van der Waals surface area contributed by atoms with Gasteiger partial charge in [0.15, 0.2) is 17.3 Å². The molecule has 0 unspecified atom stereocenters. The van der Waals surface area contributed by atoms with Crippen LogP contribution in [0.15, 0.2) is 24.8 Å². The van der Waals surface area contributed by atoms with Gasteiger partial charge in [-0.2, -0.15) is 0 Å².